The van der Waals surface area contributed by atoms with Gasteiger partial charge in [-0.3, -0.25) is 14.9 Å². The van der Waals surface area contributed by atoms with Crippen LogP contribution in [0.1, 0.15) is 40.5 Å². The summed E-state index contributed by atoms with van der Waals surface area (Å²) in [6.07, 6.45) is 1.74. The van der Waals surface area contributed by atoms with E-state index in [9.17, 15) is 19.7 Å². The molecule has 6 nitrogen and oxygen atoms in total. The van der Waals surface area contributed by atoms with Crippen molar-refractivity contribution in [3.63, 3.8) is 0 Å². The molecule has 0 spiro atoms. The Kier molecular flexibility index (Phi) is 6.51. The van der Waals surface area contributed by atoms with Gasteiger partial charge in [-0.1, -0.05) is 13.3 Å². The molecule has 0 N–H and O–H groups in total. The first-order valence-corrected chi connectivity index (χ1v) is 6.01. The van der Waals surface area contributed by atoms with Gasteiger partial charge in [0.25, 0.3) is 0 Å². The molecule has 0 amide bonds. The maximum atomic E-state index is 11.9. The largest absolute Gasteiger partial charge is 0.460 e. The van der Waals surface area contributed by atoms with Crippen LogP contribution in [0, 0.1) is 22.0 Å². The van der Waals surface area contributed by atoms with Crippen molar-refractivity contribution >= 4 is 12.3 Å². The SMILES string of the molecule is CCC[C@H](C=O)[C@@H](C[N+](=O)[O-])C(=O)OC(C)(C)C. The van der Waals surface area contributed by atoms with Crippen LogP contribution in [0.4, 0.5) is 0 Å². The van der Waals surface area contributed by atoms with E-state index >= 15 is 0 Å². The van der Waals surface area contributed by atoms with Gasteiger partial charge in [-0.05, 0) is 27.2 Å². The zero-order chi connectivity index (χ0) is 14.3. The second-order valence-corrected chi connectivity index (χ2v) is 5.24. The third-order valence-corrected chi connectivity index (χ3v) is 2.37. The molecule has 0 aliphatic rings. The Morgan fingerprint density at radius 1 is 1.44 bits per heavy atom. The fraction of sp³-hybridized carbons (Fsp3) is 0.833. The lowest BCUT2D eigenvalue weighted by atomic mass is 9.89. The lowest BCUT2D eigenvalue weighted by Gasteiger charge is -2.24. The standard InChI is InChI=1S/C12H21NO5/c1-5-6-9(8-14)10(7-13(16)17)11(15)18-12(2,3)4/h8-10H,5-7H2,1-4H3/t9-,10-/m1/s1. The Morgan fingerprint density at radius 3 is 2.33 bits per heavy atom. The van der Waals surface area contributed by atoms with E-state index in [0.717, 1.165) is 0 Å². The Morgan fingerprint density at radius 2 is 2.00 bits per heavy atom. The number of carbonyl (C=O) groups is 2. The topological polar surface area (TPSA) is 86.5 Å². The molecule has 18 heavy (non-hydrogen) atoms. The lowest BCUT2D eigenvalue weighted by molar-refractivity contribution is -0.487. The minimum atomic E-state index is -1.00. The Balaban J connectivity index is 4.90. The van der Waals surface area contributed by atoms with Gasteiger partial charge in [0.05, 0.1) is 0 Å². The number of hydrogen-bond acceptors (Lipinski definition) is 5. The van der Waals surface area contributed by atoms with Crippen LogP contribution in [0.5, 0.6) is 0 Å². The van der Waals surface area contributed by atoms with Crippen molar-refractivity contribution in [1.82, 2.24) is 0 Å². The highest BCUT2D eigenvalue weighted by Gasteiger charge is 2.35. The van der Waals surface area contributed by atoms with Crippen LogP contribution in [0.2, 0.25) is 0 Å². The highest BCUT2D eigenvalue weighted by molar-refractivity contribution is 5.77. The van der Waals surface area contributed by atoms with Crippen molar-refractivity contribution in [2.45, 2.75) is 46.1 Å². The smallest absolute Gasteiger partial charge is 0.316 e. The zero-order valence-electron chi connectivity index (χ0n) is 11.3. The molecule has 0 aliphatic carbocycles. The molecule has 6 heteroatoms. The number of esters is 1. The van der Waals surface area contributed by atoms with Crippen LogP contribution < -0.4 is 0 Å². The number of carbonyl (C=O) groups excluding carboxylic acids is 2. The number of nitro groups is 1. The lowest BCUT2D eigenvalue weighted by Crippen LogP contribution is -2.37. The third-order valence-electron chi connectivity index (χ3n) is 2.37. The number of aldehydes is 1. The summed E-state index contributed by atoms with van der Waals surface area (Å²) < 4.78 is 5.13. The number of hydrogen-bond donors (Lipinski definition) is 0. The van der Waals surface area contributed by atoms with Gasteiger partial charge in [0.2, 0.25) is 6.54 Å². The minimum absolute atomic E-state index is 0.446. The van der Waals surface area contributed by atoms with Gasteiger partial charge in [-0.15, -0.1) is 0 Å². The molecular weight excluding hydrogens is 238 g/mol. The number of rotatable bonds is 7. The van der Waals surface area contributed by atoms with E-state index in [0.29, 0.717) is 19.1 Å². The van der Waals surface area contributed by atoms with E-state index < -0.39 is 34.9 Å². The van der Waals surface area contributed by atoms with E-state index in [-0.39, 0.29) is 0 Å². The van der Waals surface area contributed by atoms with Crippen molar-refractivity contribution in [3.05, 3.63) is 10.1 Å². The van der Waals surface area contributed by atoms with Crippen LogP contribution in [0.15, 0.2) is 0 Å². The first-order valence-electron chi connectivity index (χ1n) is 6.01. The predicted octanol–water partition coefficient (Wildman–Crippen LogP) is 1.84. The normalized spacial score (nSPS) is 14.7. The molecule has 104 valence electrons. The van der Waals surface area contributed by atoms with E-state index in [1.54, 1.807) is 20.8 Å². The minimum Gasteiger partial charge on any atom is -0.460 e. The molecule has 0 fully saturated rings. The molecule has 0 bridgehead atoms. The molecule has 0 aliphatic heterocycles. The van der Waals surface area contributed by atoms with Crippen molar-refractivity contribution < 1.29 is 19.2 Å². The predicted molar refractivity (Wildman–Crippen MR) is 65.7 cm³/mol. The Bertz CT molecular complexity index is 308. The molecule has 0 aromatic heterocycles. The van der Waals surface area contributed by atoms with Gasteiger partial charge >= 0.3 is 5.97 Å². The second-order valence-electron chi connectivity index (χ2n) is 5.24. The monoisotopic (exact) mass is 259 g/mol. The molecule has 2 atom stereocenters. The molecule has 0 heterocycles. The first kappa shape index (κ1) is 16.5. The van der Waals surface area contributed by atoms with Crippen molar-refractivity contribution in [2.24, 2.45) is 11.8 Å². The zero-order valence-corrected chi connectivity index (χ0v) is 11.3. The van der Waals surface area contributed by atoms with Gasteiger partial charge < -0.3 is 9.53 Å². The highest BCUT2D eigenvalue weighted by Crippen LogP contribution is 2.21. The molecular formula is C12H21NO5. The summed E-state index contributed by atoms with van der Waals surface area (Å²) in [7, 11) is 0. The summed E-state index contributed by atoms with van der Waals surface area (Å²) >= 11 is 0. The van der Waals surface area contributed by atoms with Crippen LogP contribution >= 0.6 is 0 Å². The first-order chi connectivity index (χ1) is 8.21. The fourth-order valence-corrected chi connectivity index (χ4v) is 1.62. The molecule has 0 saturated heterocycles. The van der Waals surface area contributed by atoms with Gasteiger partial charge in [0, 0.05) is 10.8 Å². The third kappa shape index (κ3) is 6.32. The van der Waals surface area contributed by atoms with Crippen LogP contribution in [0.3, 0.4) is 0 Å². The van der Waals surface area contributed by atoms with Crippen molar-refractivity contribution in [3.8, 4) is 0 Å². The summed E-state index contributed by atoms with van der Waals surface area (Å²) in [4.78, 5) is 32.8. The van der Waals surface area contributed by atoms with E-state index in [4.69, 9.17) is 4.74 Å². The summed E-state index contributed by atoms with van der Waals surface area (Å²) in [6.45, 7) is 6.34. The van der Waals surface area contributed by atoms with Crippen LogP contribution in [0.25, 0.3) is 0 Å². The molecule has 0 saturated carbocycles. The van der Waals surface area contributed by atoms with E-state index in [1.165, 1.54) is 0 Å². The molecule has 0 rings (SSSR count). The Hall–Kier alpha value is -1.46. The van der Waals surface area contributed by atoms with E-state index in [2.05, 4.69) is 0 Å². The molecule has 0 aromatic rings. The second kappa shape index (κ2) is 7.08. The maximum Gasteiger partial charge on any atom is 0.316 e. The van der Waals surface area contributed by atoms with Crippen molar-refractivity contribution in [1.29, 1.82) is 0 Å². The quantitative estimate of drug-likeness (QED) is 0.301. The summed E-state index contributed by atoms with van der Waals surface area (Å²) in [5.41, 5.74) is -0.717. The summed E-state index contributed by atoms with van der Waals surface area (Å²) in [5.74, 6) is -2.34. The highest BCUT2D eigenvalue weighted by atomic mass is 16.6. The van der Waals surface area contributed by atoms with Crippen molar-refractivity contribution in [2.75, 3.05) is 6.54 Å². The van der Waals surface area contributed by atoms with Gasteiger partial charge in [-0.2, -0.15) is 0 Å². The number of ether oxygens (including phenoxy) is 1. The number of nitrogens with zero attached hydrogens (tertiary/aromatic N) is 1. The Labute approximate surface area is 107 Å². The molecule has 0 aromatic carbocycles. The van der Waals surface area contributed by atoms with Gasteiger partial charge in [-0.25, -0.2) is 0 Å². The van der Waals surface area contributed by atoms with Gasteiger partial charge in [0.15, 0.2) is 0 Å². The summed E-state index contributed by atoms with van der Waals surface area (Å²) in [5, 5.41) is 10.6. The fourth-order valence-electron chi connectivity index (χ4n) is 1.62. The maximum absolute atomic E-state index is 11.9. The van der Waals surface area contributed by atoms with Crippen LogP contribution in [-0.2, 0) is 14.3 Å². The summed E-state index contributed by atoms with van der Waals surface area (Å²) in [6, 6.07) is 0. The van der Waals surface area contributed by atoms with Gasteiger partial charge in [0.1, 0.15) is 17.8 Å². The van der Waals surface area contributed by atoms with Crippen LogP contribution in [-0.4, -0.2) is 29.3 Å². The molecule has 0 unspecified atom stereocenters. The average Bonchev–Trinajstić information content (AvgIpc) is 2.20. The van der Waals surface area contributed by atoms with E-state index in [1.807, 2.05) is 6.92 Å². The average molecular weight is 259 g/mol. The molecule has 0 radical (unpaired) electrons.